The zero-order valence-electron chi connectivity index (χ0n) is 26.1. The molecule has 0 aromatic rings. The van der Waals surface area contributed by atoms with Crippen LogP contribution >= 0.6 is 0 Å². The molecule has 0 bridgehead atoms. The lowest BCUT2D eigenvalue weighted by molar-refractivity contribution is -0.211. The van der Waals surface area contributed by atoms with Crippen LogP contribution in [0, 0.1) is 50.2 Å². The fourth-order valence-corrected chi connectivity index (χ4v) is 11.0. The van der Waals surface area contributed by atoms with Gasteiger partial charge in [-0.25, -0.2) is 0 Å². The Labute approximate surface area is 244 Å². The molecule has 7 nitrogen and oxygen atoms in total. The summed E-state index contributed by atoms with van der Waals surface area (Å²) in [7, 11) is 0. The van der Waals surface area contributed by atoms with Gasteiger partial charge in [0.1, 0.15) is 6.10 Å². The fraction of sp³-hybridized carbons (Fsp3) is 0.824. The maximum atomic E-state index is 14.5. The SMILES string of the molecule is CC1(C)C2CC[C@]3(C)C(C(=O)C=C4[C@H]5C[C@](C)(C(=O)O)CC[C@]5(C)CC[C@]43C)[C@@]2(C)CC[C@@H]1OC(=O)CCC(=O)O. The summed E-state index contributed by atoms with van der Waals surface area (Å²) in [4.78, 5) is 50.3. The number of esters is 1. The van der Waals surface area contributed by atoms with Gasteiger partial charge in [-0.05, 0) is 104 Å². The summed E-state index contributed by atoms with van der Waals surface area (Å²) in [6, 6.07) is 0. The minimum atomic E-state index is -1.01. The number of allylic oxidation sites excluding steroid dienone is 2. The van der Waals surface area contributed by atoms with E-state index in [-0.39, 0.29) is 69.6 Å². The number of ether oxygens (including phenoxy) is 1. The van der Waals surface area contributed by atoms with Crippen molar-refractivity contribution in [1.82, 2.24) is 0 Å². The fourth-order valence-electron chi connectivity index (χ4n) is 11.0. The first-order valence-electron chi connectivity index (χ1n) is 15.7. The molecule has 5 aliphatic carbocycles. The van der Waals surface area contributed by atoms with Gasteiger partial charge in [0.05, 0.1) is 18.3 Å². The Morgan fingerprint density at radius 3 is 2.17 bits per heavy atom. The van der Waals surface area contributed by atoms with E-state index in [1.54, 1.807) is 0 Å². The van der Waals surface area contributed by atoms with Gasteiger partial charge in [0.25, 0.3) is 0 Å². The summed E-state index contributed by atoms with van der Waals surface area (Å²) >= 11 is 0. The molecule has 0 aliphatic heterocycles. The topological polar surface area (TPSA) is 118 Å². The molecule has 7 heteroatoms. The van der Waals surface area contributed by atoms with E-state index < -0.39 is 23.3 Å². The molecular formula is C34H50O7. The molecule has 0 radical (unpaired) electrons. The van der Waals surface area contributed by atoms with Crippen LogP contribution in [0.1, 0.15) is 119 Å². The maximum Gasteiger partial charge on any atom is 0.309 e. The number of hydrogen-bond donors (Lipinski definition) is 2. The van der Waals surface area contributed by atoms with E-state index in [0.717, 1.165) is 38.5 Å². The Morgan fingerprint density at radius 1 is 0.878 bits per heavy atom. The van der Waals surface area contributed by atoms with Crippen molar-refractivity contribution in [2.24, 2.45) is 50.2 Å². The molecule has 5 aliphatic rings. The summed E-state index contributed by atoms with van der Waals surface area (Å²) in [5, 5.41) is 19.1. The van der Waals surface area contributed by atoms with Gasteiger partial charge in [-0.15, -0.1) is 0 Å². The average Bonchev–Trinajstić information content (AvgIpc) is 2.86. The number of carbonyl (C=O) groups is 4. The van der Waals surface area contributed by atoms with E-state index in [9.17, 15) is 24.3 Å². The minimum absolute atomic E-state index is 0.0233. The van der Waals surface area contributed by atoms with Gasteiger partial charge in [-0.1, -0.05) is 47.1 Å². The van der Waals surface area contributed by atoms with E-state index in [0.29, 0.717) is 19.3 Å². The molecule has 41 heavy (non-hydrogen) atoms. The monoisotopic (exact) mass is 570 g/mol. The van der Waals surface area contributed by atoms with Crippen LogP contribution in [0.3, 0.4) is 0 Å². The molecular weight excluding hydrogens is 520 g/mol. The van der Waals surface area contributed by atoms with Crippen LogP contribution in [0.15, 0.2) is 11.6 Å². The van der Waals surface area contributed by atoms with Crippen LogP contribution in [0.25, 0.3) is 0 Å². The van der Waals surface area contributed by atoms with Crippen molar-refractivity contribution < 1.29 is 34.1 Å². The van der Waals surface area contributed by atoms with Crippen molar-refractivity contribution in [3.05, 3.63) is 11.6 Å². The summed E-state index contributed by atoms with van der Waals surface area (Å²) in [6.07, 6.45) is 8.80. The molecule has 4 fully saturated rings. The van der Waals surface area contributed by atoms with E-state index >= 15 is 0 Å². The molecule has 2 unspecified atom stereocenters. The van der Waals surface area contributed by atoms with Crippen molar-refractivity contribution in [3.63, 3.8) is 0 Å². The lowest BCUT2D eigenvalue weighted by atomic mass is 9.33. The lowest BCUT2D eigenvalue weighted by Gasteiger charge is -2.70. The first-order valence-corrected chi connectivity index (χ1v) is 15.7. The van der Waals surface area contributed by atoms with Crippen LogP contribution in [0.2, 0.25) is 0 Å². The second-order valence-electron chi connectivity index (χ2n) is 16.3. The van der Waals surface area contributed by atoms with Crippen LogP contribution in [0.4, 0.5) is 0 Å². The Kier molecular flexibility index (Phi) is 6.95. The Bertz CT molecular complexity index is 1200. The third-order valence-corrected chi connectivity index (χ3v) is 13.8. The van der Waals surface area contributed by atoms with E-state index in [1.807, 2.05) is 13.0 Å². The minimum Gasteiger partial charge on any atom is -0.481 e. The molecule has 5 rings (SSSR count). The summed E-state index contributed by atoms with van der Waals surface area (Å²) in [5.41, 5.74) is -0.553. The van der Waals surface area contributed by atoms with Crippen LogP contribution in [0.5, 0.6) is 0 Å². The molecule has 4 saturated carbocycles. The van der Waals surface area contributed by atoms with E-state index in [1.165, 1.54) is 5.57 Å². The largest absolute Gasteiger partial charge is 0.481 e. The van der Waals surface area contributed by atoms with Crippen LogP contribution in [-0.4, -0.2) is 40.0 Å². The Morgan fingerprint density at radius 2 is 1.54 bits per heavy atom. The maximum absolute atomic E-state index is 14.5. The van der Waals surface area contributed by atoms with Gasteiger partial charge in [0, 0.05) is 11.3 Å². The smallest absolute Gasteiger partial charge is 0.309 e. The predicted octanol–water partition coefficient (Wildman–Crippen LogP) is 6.83. The molecule has 0 spiro atoms. The van der Waals surface area contributed by atoms with Crippen LogP contribution < -0.4 is 0 Å². The predicted molar refractivity (Wildman–Crippen MR) is 154 cm³/mol. The summed E-state index contributed by atoms with van der Waals surface area (Å²) < 4.78 is 5.91. The molecule has 228 valence electrons. The summed E-state index contributed by atoms with van der Waals surface area (Å²) in [5.74, 6) is -1.87. The van der Waals surface area contributed by atoms with Crippen molar-refractivity contribution in [2.75, 3.05) is 0 Å². The van der Waals surface area contributed by atoms with Crippen molar-refractivity contribution in [2.45, 2.75) is 125 Å². The van der Waals surface area contributed by atoms with Gasteiger partial charge < -0.3 is 14.9 Å². The number of carboxylic acids is 2. The van der Waals surface area contributed by atoms with Gasteiger partial charge >= 0.3 is 17.9 Å². The van der Waals surface area contributed by atoms with E-state index in [4.69, 9.17) is 9.84 Å². The molecule has 0 saturated heterocycles. The Hall–Kier alpha value is -2.18. The number of fused-ring (bicyclic) bond motifs is 7. The first kappa shape index (κ1) is 30.3. The third kappa shape index (κ3) is 4.25. The first-order chi connectivity index (χ1) is 18.8. The Balaban J connectivity index is 1.49. The van der Waals surface area contributed by atoms with Gasteiger partial charge in [-0.2, -0.15) is 0 Å². The summed E-state index contributed by atoms with van der Waals surface area (Å²) in [6.45, 7) is 15.5. The molecule has 0 aromatic carbocycles. The molecule has 0 amide bonds. The van der Waals surface area contributed by atoms with E-state index in [2.05, 4.69) is 41.5 Å². The number of carbonyl (C=O) groups excluding carboxylic acids is 2. The number of hydrogen-bond acceptors (Lipinski definition) is 5. The normalized spacial score (nSPS) is 46.6. The van der Waals surface area contributed by atoms with Gasteiger partial charge in [0.2, 0.25) is 0 Å². The second-order valence-corrected chi connectivity index (χ2v) is 16.3. The molecule has 2 N–H and O–H groups in total. The molecule has 0 heterocycles. The molecule has 9 atom stereocenters. The quantitative estimate of drug-likeness (QED) is 0.348. The van der Waals surface area contributed by atoms with Crippen molar-refractivity contribution in [3.8, 4) is 0 Å². The highest BCUT2D eigenvalue weighted by Gasteiger charge is 2.70. The average molecular weight is 571 g/mol. The highest BCUT2D eigenvalue weighted by molar-refractivity contribution is 5.95. The number of rotatable bonds is 5. The third-order valence-electron chi connectivity index (χ3n) is 13.8. The van der Waals surface area contributed by atoms with Gasteiger partial charge in [0.15, 0.2) is 5.78 Å². The zero-order chi connectivity index (χ0) is 30.4. The van der Waals surface area contributed by atoms with Crippen molar-refractivity contribution >= 4 is 23.7 Å². The standard InChI is InChI=1S/C34H50O7/c1-29(2)23-10-13-34(7)27(32(23,5)12-11-24(29)41-26(38)9-8-25(36)37)22(35)18-20-21-19-31(4,28(39)40)15-14-30(21,3)16-17-33(20,34)6/h18,21,23-24,27H,8-17,19H2,1-7H3,(H,36,37)(H,39,40)/t21-,23?,24+,27?,30-,31-,32+,33-,34-/m1/s1. The number of carboxylic acid groups (broad SMARTS) is 2. The highest BCUT2D eigenvalue weighted by atomic mass is 16.5. The second kappa shape index (κ2) is 9.41. The lowest BCUT2D eigenvalue weighted by Crippen LogP contribution is -2.66. The molecule has 0 aromatic heterocycles. The number of aliphatic carboxylic acids is 2. The number of ketones is 1. The zero-order valence-corrected chi connectivity index (χ0v) is 26.1. The van der Waals surface area contributed by atoms with Crippen LogP contribution in [-0.2, 0) is 23.9 Å². The van der Waals surface area contributed by atoms with Gasteiger partial charge in [-0.3, -0.25) is 19.2 Å². The van der Waals surface area contributed by atoms with Crippen molar-refractivity contribution in [1.29, 1.82) is 0 Å². The highest BCUT2D eigenvalue weighted by Crippen LogP contribution is 2.75.